The average molecular weight is 275 g/mol. The number of aromatic nitrogens is 3. The van der Waals surface area contributed by atoms with Gasteiger partial charge in [-0.3, -0.25) is 4.68 Å². The molecule has 0 saturated heterocycles. The number of ether oxygens (including phenoxy) is 1. The van der Waals surface area contributed by atoms with Gasteiger partial charge < -0.3 is 15.4 Å². The summed E-state index contributed by atoms with van der Waals surface area (Å²) in [4.78, 5) is 6.24. The maximum Gasteiger partial charge on any atom is 0.160 e. The second-order valence-corrected chi connectivity index (χ2v) is 4.91. The monoisotopic (exact) mass is 275 g/mol. The van der Waals surface area contributed by atoms with Gasteiger partial charge in [0.1, 0.15) is 5.82 Å². The van der Waals surface area contributed by atoms with E-state index in [2.05, 4.69) is 15.0 Å². The lowest BCUT2D eigenvalue weighted by Gasteiger charge is -2.13. The van der Waals surface area contributed by atoms with E-state index in [0.29, 0.717) is 12.2 Å². The van der Waals surface area contributed by atoms with Gasteiger partial charge in [-0.25, -0.2) is 4.98 Å². The van der Waals surface area contributed by atoms with Crippen molar-refractivity contribution in [2.75, 3.05) is 33.5 Å². The lowest BCUT2D eigenvalue weighted by Crippen LogP contribution is -2.20. The third kappa shape index (κ3) is 3.27. The van der Waals surface area contributed by atoms with Crippen molar-refractivity contribution >= 4 is 5.82 Å². The summed E-state index contributed by atoms with van der Waals surface area (Å²) in [5, 5.41) is 4.39. The summed E-state index contributed by atoms with van der Waals surface area (Å²) in [5.41, 5.74) is 7.92. The minimum atomic E-state index is 0.551. The molecule has 0 unspecified atom stereocenters. The predicted molar refractivity (Wildman–Crippen MR) is 78.8 cm³/mol. The Hall–Kier alpha value is -2.08. The standard InChI is InChI=1S/C14H21N5O/c1-18(2)7-8-19-12(13(20-3)10-17-19)9-11-5-4-6-16-14(11)15/h4-6,10H,7-9H2,1-3H3,(H2,15,16). The van der Waals surface area contributed by atoms with Gasteiger partial charge in [-0.15, -0.1) is 0 Å². The van der Waals surface area contributed by atoms with E-state index in [1.807, 2.05) is 30.9 Å². The summed E-state index contributed by atoms with van der Waals surface area (Å²) in [7, 11) is 5.74. The van der Waals surface area contributed by atoms with Gasteiger partial charge in [-0.05, 0) is 20.2 Å². The number of likely N-dealkylation sites (N-methyl/N-ethyl adjacent to an activating group) is 1. The molecule has 2 aromatic heterocycles. The molecule has 2 aromatic rings. The van der Waals surface area contributed by atoms with E-state index in [4.69, 9.17) is 10.5 Å². The molecule has 6 nitrogen and oxygen atoms in total. The van der Waals surface area contributed by atoms with Gasteiger partial charge in [-0.1, -0.05) is 6.07 Å². The maximum absolute atomic E-state index is 5.91. The van der Waals surface area contributed by atoms with E-state index in [1.165, 1.54) is 0 Å². The Bertz CT molecular complexity index is 564. The van der Waals surface area contributed by atoms with Crippen LogP contribution >= 0.6 is 0 Å². The molecule has 2 N–H and O–H groups in total. The van der Waals surface area contributed by atoms with Crippen molar-refractivity contribution in [2.24, 2.45) is 0 Å². The van der Waals surface area contributed by atoms with Gasteiger partial charge in [0.2, 0.25) is 0 Å². The first-order chi connectivity index (χ1) is 9.61. The average Bonchev–Trinajstić information content (AvgIpc) is 2.81. The van der Waals surface area contributed by atoms with Gasteiger partial charge in [-0.2, -0.15) is 5.10 Å². The lowest BCUT2D eigenvalue weighted by atomic mass is 10.1. The zero-order chi connectivity index (χ0) is 14.5. The number of pyridine rings is 1. The number of anilines is 1. The first kappa shape index (κ1) is 14.3. The summed E-state index contributed by atoms with van der Waals surface area (Å²) in [6, 6.07) is 3.86. The number of methoxy groups -OCH3 is 1. The van der Waals surface area contributed by atoms with Gasteiger partial charge in [0.25, 0.3) is 0 Å². The van der Waals surface area contributed by atoms with Crippen molar-refractivity contribution < 1.29 is 4.74 Å². The molecule has 0 spiro atoms. The van der Waals surface area contributed by atoms with Crippen LogP contribution in [0.25, 0.3) is 0 Å². The molecule has 0 amide bonds. The van der Waals surface area contributed by atoms with Crippen LogP contribution in [0.3, 0.4) is 0 Å². The first-order valence-electron chi connectivity index (χ1n) is 6.54. The molecule has 108 valence electrons. The minimum Gasteiger partial charge on any atom is -0.493 e. The molecule has 0 atom stereocenters. The normalized spacial score (nSPS) is 11.0. The molecule has 20 heavy (non-hydrogen) atoms. The van der Waals surface area contributed by atoms with Crippen LogP contribution < -0.4 is 10.5 Å². The molecule has 0 aromatic carbocycles. The van der Waals surface area contributed by atoms with Crippen molar-refractivity contribution in [3.63, 3.8) is 0 Å². The number of rotatable bonds is 6. The first-order valence-corrected chi connectivity index (χ1v) is 6.54. The number of hydrogen-bond donors (Lipinski definition) is 1. The van der Waals surface area contributed by atoms with Crippen LogP contribution in [0.15, 0.2) is 24.5 Å². The number of nitrogens with two attached hydrogens (primary N) is 1. The number of nitrogen functional groups attached to an aromatic ring is 1. The molecule has 0 saturated carbocycles. The third-order valence-corrected chi connectivity index (χ3v) is 3.17. The third-order valence-electron chi connectivity index (χ3n) is 3.17. The largest absolute Gasteiger partial charge is 0.493 e. The summed E-state index contributed by atoms with van der Waals surface area (Å²) in [6.07, 6.45) is 4.10. The Morgan fingerprint density at radius 1 is 1.40 bits per heavy atom. The Balaban J connectivity index is 2.24. The zero-order valence-electron chi connectivity index (χ0n) is 12.2. The van der Waals surface area contributed by atoms with E-state index >= 15 is 0 Å². The Labute approximate surface area is 119 Å². The van der Waals surface area contributed by atoms with Crippen LogP contribution in [0.1, 0.15) is 11.3 Å². The van der Waals surface area contributed by atoms with Crippen LogP contribution in [0.2, 0.25) is 0 Å². The summed E-state index contributed by atoms with van der Waals surface area (Å²) >= 11 is 0. The van der Waals surface area contributed by atoms with E-state index in [1.54, 1.807) is 19.5 Å². The highest BCUT2D eigenvalue weighted by Crippen LogP contribution is 2.22. The highest BCUT2D eigenvalue weighted by molar-refractivity contribution is 5.43. The molecule has 6 heteroatoms. The quantitative estimate of drug-likeness (QED) is 0.852. The van der Waals surface area contributed by atoms with E-state index in [-0.39, 0.29) is 0 Å². The van der Waals surface area contributed by atoms with Crippen molar-refractivity contribution in [3.05, 3.63) is 35.8 Å². The van der Waals surface area contributed by atoms with Gasteiger partial charge in [0, 0.05) is 24.7 Å². The van der Waals surface area contributed by atoms with Crippen molar-refractivity contribution in [1.29, 1.82) is 0 Å². The van der Waals surface area contributed by atoms with E-state index in [0.717, 1.165) is 30.1 Å². The molecule has 0 bridgehead atoms. The number of hydrogen-bond acceptors (Lipinski definition) is 5. The van der Waals surface area contributed by atoms with Crippen LogP contribution in [0.5, 0.6) is 5.75 Å². The van der Waals surface area contributed by atoms with Gasteiger partial charge in [0.15, 0.2) is 5.75 Å². The van der Waals surface area contributed by atoms with Crippen molar-refractivity contribution in [1.82, 2.24) is 19.7 Å². The van der Waals surface area contributed by atoms with Crippen LogP contribution in [0, 0.1) is 0 Å². The second-order valence-electron chi connectivity index (χ2n) is 4.91. The number of nitrogens with zero attached hydrogens (tertiary/aromatic N) is 4. The molecule has 2 rings (SSSR count). The summed E-state index contributed by atoms with van der Waals surface area (Å²) < 4.78 is 7.35. The Morgan fingerprint density at radius 3 is 2.85 bits per heavy atom. The van der Waals surface area contributed by atoms with Gasteiger partial charge >= 0.3 is 0 Å². The molecule has 2 heterocycles. The maximum atomic E-state index is 5.91. The SMILES string of the molecule is COc1cnn(CCN(C)C)c1Cc1cccnc1N. The highest BCUT2D eigenvalue weighted by Gasteiger charge is 2.13. The fourth-order valence-corrected chi connectivity index (χ4v) is 2.01. The summed E-state index contributed by atoms with van der Waals surface area (Å²) in [6.45, 7) is 1.73. The van der Waals surface area contributed by atoms with E-state index < -0.39 is 0 Å². The minimum absolute atomic E-state index is 0.551. The van der Waals surface area contributed by atoms with Gasteiger partial charge in [0.05, 0.1) is 25.5 Å². The Kier molecular flexibility index (Phi) is 4.57. The molecule has 0 aliphatic carbocycles. The van der Waals surface area contributed by atoms with Crippen LogP contribution in [-0.4, -0.2) is 47.4 Å². The molecule has 0 fully saturated rings. The molecule has 0 aliphatic heterocycles. The highest BCUT2D eigenvalue weighted by atomic mass is 16.5. The fraction of sp³-hybridized carbons (Fsp3) is 0.429. The topological polar surface area (TPSA) is 69.2 Å². The van der Waals surface area contributed by atoms with Crippen LogP contribution in [0.4, 0.5) is 5.82 Å². The van der Waals surface area contributed by atoms with Crippen LogP contribution in [-0.2, 0) is 13.0 Å². The fourth-order valence-electron chi connectivity index (χ4n) is 2.01. The molecular weight excluding hydrogens is 254 g/mol. The molecular formula is C14H21N5O. The van der Waals surface area contributed by atoms with E-state index in [9.17, 15) is 0 Å². The van der Waals surface area contributed by atoms with Crippen molar-refractivity contribution in [2.45, 2.75) is 13.0 Å². The smallest absolute Gasteiger partial charge is 0.160 e. The molecule has 0 radical (unpaired) electrons. The zero-order valence-corrected chi connectivity index (χ0v) is 12.2. The molecule has 0 aliphatic rings. The second kappa shape index (κ2) is 6.38. The van der Waals surface area contributed by atoms with Crippen molar-refractivity contribution in [3.8, 4) is 5.75 Å². The summed E-state index contributed by atoms with van der Waals surface area (Å²) in [5.74, 6) is 1.34. The predicted octanol–water partition coefficient (Wildman–Crippen LogP) is 1.02. The Morgan fingerprint density at radius 2 is 2.20 bits per heavy atom. The lowest BCUT2D eigenvalue weighted by molar-refractivity contribution is 0.366.